The van der Waals surface area contributed by atoms with Gasteiger partial charge in [0.1, 0.15) is 10.8 Å². The molecule has 3 aromatic rings. The molecule has 0 bridgehead atoms. The third-order valence-corrected chi connectivity index (χ3v) is 4.96. The van der Waals surface area contributed by atoms with Crippen molar-refractivity contribution in [3.63, 3.8) is 0 Å². The fourth-order valence-electron chi connectivity index (χ4n) is 3.21. The smallest absolute Gasteiger partial charge is 0.363 e. The molecule has 2 aromatic heterocycles. The van der Waals surface area contributed by atoms with Gasteiger partial charge < -0.3 is 10.2 Å². The highest BCUT2D eigenvalue weighted by molar-refractivity contribution is 6.33. The lowest BCUT2D eigenvalue weighted by molar-refractivity contribution is -0.137. The first-order valence-corrected chi connectivity index (χ1v) is 8.80. The number of aromatic amines is 2. The van der Waals surface area contributed by atoms with E-state index in [2.05, 4.69) is 25.7 Å². The standard InChI is InChI=1S/C17H13ClF4N6O/c18-14-13(6-23-27-16(14)29)28-4-3-9-12(7-28)25-26-15(9)24-11-2-1-8(19)5-10(11)17(20,21)22/h1-2,5-6H,3-4,7H2,(H,27,29)(H2,24,25,26). The van der Waals surface area contributed by atoms with Gasteiger partial charge in [-0.3, -0.25) is 9.89 Å². The lowest BCUT2D eigenvalue weighted by Crippen LogP contribution is -2.32. The zero-order valence-corrected chi connectivity index (χ0v) is 15.3. The van der Waals surface area contributed by atoms with Crippen molar-refractivity contribution in [3.8, 4) is 0 Å². The van der Waals surface area contributed by atoms with E-state index in [4.69, 9.17) is 11.6 Å². The van der Waals surface area contributed by atoms with Gasteiger partial charge in [0.25, 0.3) is 5.56 Å². The Bertz CT molecular complexity index is 1130. The van der Waals surface area contributed by atoms with E-state index in [1.54, 1.807) is 0 Å². The van der Waals surface area contributed by atoms with Gasteiger partial charge in [0.2, 0.25) is 0 Å². The maximum Gasteiger partial charge on any atom is 0.418 e. The number of hydrogen-bond acceptors (Lipinski definition) is 5. The summed E-state index contributed by atoms with van der Waals surface area (Å²) in [7, 11) is 0. The highest BCUT2D eigenvalue weighted by atomic mass is 35.5. The summed E-state index contributed by atoms with van der Waals surface area (Å²) in [4.78, 5) is 13.5. The van der Waals surface area contributed by atoms with Crippen LogP contribution in [0.5, 0.6) is 0 Å². The SMILES string of the molecule is O=c1[nH]ncc(N2CCc3c(Nc4ccc(F)cc4C(F)(F)F)n[nH]c3C2)c1Cl. The Labute approximate surface area is 165 Å². The van der Waals surface area contributed by atoms with Crippen molar-refractivity contribution in [2.75, 3.05) is 16.8 Å². The van der Waals surface area contributed by atoms with Gasteiger partial charge in [0, 0.05) is 12.1 Å². The quantitative estimate of drug-likeness (QED) is 0.554. The molecule has 7 nitrogen and oxygen atoms in total. The van der Waals surface area contributed by atoms with Crippen LogP contribution in [0.1, 0.15) is 16.8 Å². The Morgan fingerprint density at radius 2 is 2.03 bits per heavy atom. The number of halogens is 5. The van der Waals surface area contributed by atoms with Gasteiger partial charge in [-0.2, -0.15) is 23.4 Å². The van der Waals surface area contributed by atoms with Crippen LogP contribution >= 0.6 is 11.6 Å². The number of anilines is 3. The van der Waals surface area contributed by atoms with E-state index in [1.807, 2.05) is 4.90 Å². The number of alkyl halides is 3. The third kappa shape index (κ3) is 3.65. The van der Waals surface area contributed by atoms with Crippen LogP contribution in [0.4, 0.5) is 34.8 Å². The predicted molar refractivity (Wildman–Crippen MR) is 97.9 cm³/mol. The summed E-state index contributed by atoms with van der Waals surface area (Å²) in [5.41, 5.74) is -0.120. The monoisotopic (exact) mass is 428 g/mol. The molecule has 0 unspecified atom stereocenters. The van der Waals surface area contributed by atoms with Crippen LogP contribution in [0.25, 0.3) is 0 Å². The molecule has 1 aliphatic rings. The second-order valence-electron chi connectivity index (χ2n) is 6.41. The fraction of sp³-hybridized carbons (Fsp3) is 0.235. The van der Waals surface area contributed by atoms with Crippen molar-refractivity contribution in [2.45, 2.75) is 19.1 Å². The molecule has 0 aliphatic carbocycles. The average Bonchev–Trinajstić information content (AvgIpc) is 3.06. The number of H-pyrrole nitrogens is 2. The molecule has 1 aromatic carbocycles. The maximum absolute atomic E-state index is 13.3. The minimum absolute atomic E-state index is 0.00226. The van der Waals surface area contributed by atoms with Crippen LogP contribution in [0.15, 0.2) is 29.2 Å². The Morgan fingerprint density at radius 3 is 2.79 bits per heavy atom. The summed E-state index contributed by atoms with van der Waals surface area (Å²) in [6.45, 7) is 0.756. The normalized spacial score (nSPS) is 14.0. The Morgan fingerprint density at radius 1 is 1.24 bits per heavy atom. The molecule has 0 amide bonds. The van der Waals surface area contributed by atoms with Gasteiger partial charge >= 0.3 is 6.18 Å². The third-order valence-electron chi connectivity index (χ3n) is 4.59. The number of hydrogen-bond donors (Lipinski definition) is 3. The summed E-state index contributed by atoms with van der Waals surface area (Å²) in [5, 5.41) is 15.5. The van der Waals surface area contributed by atoms with Crippen LogP contribution < -0.4 is 15.8 Å². The van der Waals surface area contributed by atoms with Gasteiger partial charge in [-0.25, -0.2) is 9.49 Å². The van der Waals surface area contributed by atoms with E-state index in [9.17, 15) is 22.4 Å². The molecule has 0 fully saturated rings. The van der Waals surface area contributed by atoms with E-state index < -0.39 is 23.1 Å². The predicted octanol–water partition coefficient (Wildman–Crippen LogP) is 3.61. The summed E-state index contributed by atoms with van der Waals surface area (Å²) >= 11 is 6.04. The van der Waals surface area contributed by atoms with E-state index in [1.165, 1.54) is 6.20 Å². The van der Waals surface area contributed by atoms with Crippen LogP contribution in [0, 0.1) is 5.82 Å². The van der Waals surface area contributed by atoms with Crippen molar-refractivity contribution in [1.29, 1.82) is 0 Å². The number of aromatic nitrogens is 4. The number of nitrogens with one attached hydrogen (secondary N) is 3. The van der Waals surface area contributed by atoms with E-state index in [0.29, 0.717) is 42.5 Å². The summed E-state index contributed by atoms with van der Waals surface area (Å²) in [5.74, 6) is -0.752. The van der Waals surface area contributed by atoms with Crippen LogP contribution in [-0.4, -0.2) is 26.9 Å². The molecule has 12 heteroatoms. The fourth-order valence-corrected chi connectivity index (χ4v) is 3.42. The van der Waals surface area contributed by atoms with Gasteiger partial charge in [0.15, 0.2) is 5.82 Å². The summed E-state index contributed by atoms with van der Waals surface area (Å²) in [6, 6.07) is 2.40. The number of nitrogens with zero attached hydrogens (tertiary/aromatic N) is 3. The second kappa shape index (κ2) is 7.07. The molecule has 152 valence electrons. The van der Waals surface area contributed by atoms with Crippen molar-refractivity contribution >= 4 is 28.8 Å². The molecule has 0 atom stereocenters. The largest absolute Gasteiger partial charge is 0.418 e. The number of rotatable bonds is 3. The topological polar surface area (TPSA) is 89.7 Å². The molecule has 0 saturated heterocycles. The molecule has 0 saturated carbocycles. The average molecular weight is 429 g/mol. The molecule has 4 rings (SSSR count). The highest BCUT2D eigenvalue weighted by Crippen LogP contribution is 2.37. The van der Waals surface area contributed by atoms with Crippen molar-refractivity contribution < 1.29 is 17.6 Å². The molecular weight excluding hydrogens is 416 g/mol. The lowest BCUT2D eigenvalue weighted by atomic mass is 10.1. The van der Waals surface area contributed by atoms with Gasteiger partial charge in [-0.05, 0) is 24.6 Å². The first-order chi connectivity index (χ1) is 13.7. The molecule has 1 aliphatic heterocycles. The molecular formula is C17H13ClF4N6O. The summed E-state index contributed by atoms with van der Waals surface area (Å²) < 4.78 is 53.0. The van der Waals surface area contributed by atoms with Crippen LogP contribution in [0.3, 0.4) is 0 Å². The van der Waals surface area contributed by atoms with E-state index in [-0.39, 0.29) is 16.5 Å². The second-order valence-corrected chi connectivity index (χ2v) is 6.79. The van der Waals surface area contributed by atoms with Crippen LogP contribution in [-0.2, 0) is 19.1 Å². The van der Waals surface area contributed by atoms with Gasteiger partial charge in [-0.15, -0.1) is 0 Å². The Hall–Kier alpha value is -3.08. The minimum atomic E-state index is -4.72. The van der Waals surface area contributed by atoms with E-state index >= 15 is 0 Å². The molecule has 29 heavy (non-hydrogen) atoms. The van der Waals surface area contributed by atoms with E-state index in [0.717, 1.165) is 12.1 Å². The number of benzene rings is 1. The Balaban J connectivity index is 1.62. The molecule has 3 heterocycles. The zero-order chi connectivity index (χ0) is 20.8. The number of fused-ring (bicyclic) bond motifs is 1. The first-order valence-electron chi connectivity index (χ1n) is 8.42. The maximum atomic E-state index is 13.3. The molecule has 0 spiro atoms. The lowest BCUT2D eigenvalue weighted by Gasteiger charge is -2.28. The van der Waals surface area contributed by atoms with Crippen LogP contribution in [0.2, 0.25) is 5.02 Å². The highest BCUT2D eigenvalue weighted by Gasteiger charge is 2.34. The zero-order valence-electron chi connectivity index (χ0n) is 14.6. The first kappa shape index (κ1) is 19.2. The van der Waals surface area contributed by atoms with Gasteiger partial charge in [-0.1, -0.05) is 11.6 Å². The van der Waals surface area contributed by atoms with Crippen molar-refractivity contribution in [1.82, 2.24) is 20.4 Å². The van der Waals surface area contributed by atoms with Crippen molar-refractivity contribution in [2.24, 2.45) is 0 Å². The van der Waals surface area contributed by atoms with Crippen molar-refractivity contribution in [3.05, 3.63) is 62.4 Å². The summed E-state index contributed by atoms with van der Waals surface area (Å²) in [6.07, 6.45) is -2.86. The molecule has 0 radical (unpaired) electrons. The Kier molecular flexibility index (Phi) is 4.69. The minimum Gasteiger partial charge on any atom is -0.363 e. The van der Waals surface area contributed by atoms with Gasteiger partial charge in [0.05, 0.1) is 35.4 Å². The molecule has 3 N–H and O–H groups in total.